The molecule has 0 unspecified atom stereocenters. The van der Waals surface area contributed by atoms with Crippen LogP contribution in [0, 0.1) is 17.2 Å². The molecule has 1 aliphatic rings. The van der Waals surface area contributed by atoms with Crippen molar-refractivity contribution in [2.45, 2.75) is 6.42 Å². The van der Waals surface area contributed by atoms with E-state index in [1.165, 1.54) is 6.20 Å². The van der Waals surface area contributed by atoms with Crippen molar-refractivity contribution in [1.29, 1.82) is 5.26 Å². The maximum Gasteiger partial charge on any atom is 0.183 e. The largest absolute Gasteiger partial charge is 0.381 e. The van der Waals surface area contributed by atoms with Crippen molar-refractivity contribution >= 4 is 5.82 Å². The summed E-state index contributed by atoms with van der Waals surface area (Å²) in [6.07, 6.45) is 4.22. The van der Waals surface area contributed by atoms with Gasteiger partial charge in [-0.1, -0.05) is 0 Å². The molecule has 5 nitrogen and oxygen atoms in total. The molecule has 0 radical (unpaired) electrons. The monoisotopic (exact) mass is 218 g/mol. The predicted octanol–water partition coefficient (Wildman–Crippen LogP) is 0.821. The van der Waals surface area contributed by atoms with Gasteiger partial charge in [-0.3, -0.25) is 0 Å². The van der Waals surface area contributed by atoms with E-state index in [1.807, 2.05) is 11.9 Å². The Hall–Kier alpha value is -1.67. The second-order valence-electron chi connectivity index (χ2n) is 3.95. The summed E-state index contributed by atoms with van der Waals surface area (Å²) in [7, 11) is 1.93. The number of anilines is 1. The molecule has 0 aromatic carbocycles. The summed E-state index contributed by atoms with van der Waals surface area (Å²) in [5.74, 6) is 1.18. The lowest BCUT2D eigenvalue weighted by molar-refractivity contribution is 0.186. The van der Waals surface area contributed by atoms with E-state index in [-0.39, 0.29) is 0 Å². The van der Waals surface area contributed by atoms with E-state index in [0.717, 1.165) is 26.2 Å². The van der Waals surface area contributed by atoms with Crippen molar-refractivity contribution in [2.24, 2.45) is 5.92 Å². The van der Waals surface area contributed by atoms with Crippen LogP contribution < -0.4 is 4.90 Å². The fourth-order valence-electron chi connectivity index (χ4n) is 1.89. The van der Waals surface area contributed by atoms with Crippen LogP contribution in [0.3, 0.4) is 0 Å². The van der Waals surface area contributed by atoms with Crippen molar-refractivity contribution in [2.75, 3.05) is 31.7 Å². The fraction of sp³-hybridized carbons (Fsp3) is 0.545. The minimum Gasteiger partial charge on any atom is -0.381 e. The average Bonchev–Trinajstić information content (AvgIpc) is 2.81. The second kappa shape index (κ2) is 4.90. The molecule has 1 fully saturated rings. The average molecular weight is 218 g/mol. The summed E-state index contributed by atoms with van der Waals surface area (Å²) in [6, 6.07) is 2.05. The number of ether oxygens (including phenoxy) is 1. The molecular formula is C11H14N4O. The molecule has 0 saturated carbocycles. The SMILES string of the molecule is CN(C[C@H]1CCOC1)c1nccnc1C#N. The van der Waals surface area contributed by atoms with Crippen LogP contribution in [0.2, 0.25) is 0 Å². The molecule has 0 amide bonds. The van der Waals surface area contributed by atoms with Gasteiger partial charge in [0.2, 0.25) is 0 Å². The van der Waals surface area contributed by atoms with Crippen molar-refractivity contribution in [1.82, 2.24) is 9.97 Å². The van der Waals surface area contributed by atoms with Gasteiger partial charge < -0.3 is 9.64 Å². The Balaban J connectivity index is 2.08. The predicted molar refractivity (Wildman–Crippen MR) is 58.9 cm³/mol. The molecule has 2 heterocycles. The smallest absolute Gasteiger partial charge is 0.183 e. The van der Waals surface area contributed by atoms with E-state index in [2.05, 4.69) is 16.0 Å². The highest BCUT2D eigenvalue weighted by molar-refractivity contribution is 5.48. The third-order valence-corrected chi connectivity index (χ3v) is 2.70. The number of rotatable bonds is 3. The molecule has 1 aromatic heterocycles. The quantitative estimate of drug-likeness (QED) is 0.751. The van der Waals surface area contributed by atoms with Crippen molar-refractivity contribution in [3.05, 3.63) is 18.1 Å². The summed E-state index contributed by atoms with van der Waals surface area (Å²) in [5.41, 5.74) is 0.379. The number of hydrogen-bond donors (Lipinski definition) is 0. The molecule has 1 atom stereocenters. The maximum absolute atomic E-state index is 8.92. The molecular weight excluding hydrogens is 204 g/mol. The molecule has 2 rings (SSSR count). The van der Waals surface area contributed by atoms with Gasteiger partial charge in [0.05, 0.1) is 6.61 Å². The van der Waals surface area contributed by atoms with Gasteiger partial charge in [0.1, 0.15) is 6.07 Å². The van der Waals surface area contributed by atoms with Crippen LogP contribution in [0.4, 0.5) is 5.82 Å². The summed E-state index contributed by atoms with van der Waals surface area (Å²) < 4.78 is 5.32. The van der Waals surface area contributed by atoms with Crippen molar-refractivity contribution < 1.29 is 4.74 Å². The first-order chi connectivity index (χ1) is 7.81. The van der Waals surface area contributed by atoms with E-state index in [4.69, 9.17) is 10.00 Å². The first kappa shape index (κ1) is 10.8. The Bertz CT molecular complexity index is 395. The Morgan fingerprint density at radius 1 is 1.56 bits per heavy atom. The van der Waals surface area contributed by atoms with Gasteiger partial charge in [-0.15, -0.1) is 0 Å². The van der Waals surface area contributed by atoms with Crippen LogP contribution in [0.5, 0.6) is 0 Å². The molecule has 0 spiro atoms. The number of nitrogens with zero attached hydrogens (tertiary/aromatic N) is 4. The van der Waals surface area contributed by atoms with Crippen LogP contribution >= 0.6 is 0 Å². The zero-order chi connectivity index (χ0) is 11.4. The first-order valence-corrected chi connectivity index (χ1v) is 5.31. The normalized spacial score (nSPS) is 19.4. The van der Waals surface area contributed by atoms with Gasteiger partial charge in [-0.2, -0.15) is 5.26 Å². The zero-order valence-electron chi connectivity index (χ0n) is 9.26. The van der Waals surface area contributed by atoms with Crippen molar-refractivity contribution in [3.8, 4) is 6.07 Å². The number of nitriles is 1. The standard InChI is InChI=1S/C11H14N4O/c1-15(7-9-2-5-16-8-9)11-10(6-12)13-3-4-14-11/h3-4,9H,2,5,7-8H2,1H3/t9-/m1/s1. The Labute approximate surface area is 94.7 Å². The molecule has 84 valence electrons. The molecule has 1 aromatic rings. The first-order valence-electron chi connectivity index (χ1n) is 5.31. The van der Waals surface area contributed by atoms with Gasteiger partial charge in [0, 0.05) is 38.5 Å². The van der Waals surface area contributed by atoms with Gasteiger partial charge in [0.25, 0.3) is 0 Å². The summed E-state index contributed by atoms with van der Waals surface area (Å²) >= 11 is 0. The Kier molecular flexibility index (Phi) is 3.32. The van der Waals surface area contributed by atoms with Gasteiger partial charge >= 0.3 is 0 Å². The highest BCUT2D eigenvalue weighted by Crippen LogP contribution is 2.18. The lowest BCUT2D eigenvalue weighted by Gasteiger charge is -2.21. The van der Waals surface area contributed by atoms with E-state index < -0.39 is 0 Å². The molecule has 0 aliphatic carbocycles. The third kappa shape index (κ3) is 2.28. The van der Waals surface area contributed by atoms with Gasteiger partial charge in [-0.05, 0) is 6.42 Å². The molecule has 5 heteroatoms. The van der Waals surface area contributed by atoms with Crippen LogP contribution in [-0.2, 0) is 4.74 Å². The Morgan fingerprint density at radius 3 is 3.06 bits per heavy atom. The molecule has 1 saturated heterocycles. The third-order valence-electron chi connectivity index (χ3n) is 2.70. The summed E-state index contributed by atoms with van der Waals surface area (Å²) in [6.45, 7) is 2.49. The summed E-state index contributed by atoms with van der Waals surface area (Å²) in [5, 5.41) is 8.92. The van der Waals surface area contributed by atoms with Crippen LogP contribution in [0.15, 0.2) is 12.4 Å². The highest BCUT2D eigenvalue weighted by Gasteiger charge is 2.19. The molecule has 0 bridgehead atoms. The van der Waals surface area contributed by atoms with E-state index in [9.17, 15) is 0 Å². The van der Waals surface area contributed by atoms with Gasteiger partial charge in [0.15, 0.2) is 11.5 Å². The molecule has 0 N–H and O–H groups in total. The number of aromatic nitrogens is 2. The van der Waals surface area contributed by atoms with E-state index in [1.54, 1.807) is 6.20 Å². The summed E-state index contributed by atoms with van der Waals surface area (Å²) in [4.78, 5) is 10.2. The molecule has 16 heavy (non-hydrogen) atoms. The lowest BCUT2D eigenvalue weighted by atomic mass is 10.1. The maximum atomic E-state index is 8.92. The van der Waals surface area contributed by atoms with E-state index >= 15 is 0 Å². The topological polar surface area (TPSA) is 62.0 Å². The van der Waals surface area contributed by atoms with Crippen LogP contribution in [0.1, 0.15) is 12.1 Å². The van der Waals surface area contributed by atoms with Crippen LogP contribution in [-0.4, -0.2) is 36.8 Å². The Morgan fingerprint density at radius 2 is 2.38 bits per heavy atom. The van der Waals surface area contributed by atoms with Crippen molar-refractivity contribution in [3.63, 3.8) is 0 Å². The lowest BCUT2D eigenvalue weighted by Crippen LogP contribution is -2.27. The zero-order valence-corrected chi connectivity index (χ0v) is 9.26. The van der Waals surface area contributed by atoms with E-state index in [0.29, 0.717) is 17.4 Å². The molecule has 1 aliphatic heterocycles. The minimum atomic E-state index is 0.379. The number of hydrogen-bond acceptors (Lipinski definition) is 5. The minimum absolute atomic E-state index is 0.379. The highest BCUT2D eigenvalue weighted by atomic mass is 16.5. The second-order valence-corrected chi connectivity index (χ2v) is 3.95. The van der Waals surface area contributed by atoms with Gasteiger partial charge in [-0.25, -0.2) is 9.97 Å². The van der Waals surface area contributed by atoms with Crippen LogP contribution in [0.25, 0.3) is 0 Å². The fourth-order valence-corrected chi connectivity index (χ4v) is 1.89.